The monoisotopic (exact) mass is 343 g/mol. The molecule has 1 aliphatic carbocycles. The minimum Gasteiger partial charge on any atom is -0.381 e. The first kappa shape index (κ1) is 16.2. The molecular weight excluding hydrogens is 322 g/mol. The van der Waals surface area contributed by atoms with Gasteiger partial charge in [0.15, 0.2) is 0 Å². The van der Waals surface area contributed by atoms with Crippen molar-refractivity contribution in [3.63, 3.8) is 0 Å². The van der Waals surface area contributed by atoms with Crippen LogP contribution in [0.5, 0.6) is 0 Å². The van der Waals surface area contributed by atoms with Gasteiger partial charge in [-0.05, 0) is 25.7 Å². The maximum absolute atomic E-state index is 12.8. The summed E-state index contributed by atoms with van der Waals surface area (Å²) in [5.74, 6) is 0.279. The van der Waals surface area contributed by atoms with E-state index in [4.69, 9.17) is 9.47 Å². The molecule has 25 heavy (non-hydrogen) atoms. The van der Waals surface area contributed by atoms with Crippen molar-refractivity contribution in [2.24, 2.45) is 0 Å². The maximum atomic E-state index is 12.8. The molecule has 0 saturated heterocycles. The molecule has 8 heteroatoms. The molecule has 1 fully saturated rings. The number of hydrogen-bond acceptors (Lipinski definition) is 6. The van der Waals surface area contributed by atoms with Crippen molar-refractivity contribution in [2.75, 3.05) is 7.11 Å². The standard InChI is InChI=1S/C17H21N5O3/c1-24-12-4-2-11(3-5-12)19-16(23)15-13-8-25-9-14(13)20-17(21-15)22-7-6-18-10-22/h6-7,10-12H,2-5,8-9H2,1H3,(H,19,23)/t11-,12-. The minimum atomic E-state index is -0.161. The van der Waals surface area contributed by atoms with Gasteiger partial charge in [0.05, 0.1) is 25.0 Å². The number of ether oxygens (including phenoxy) is 2. The van der Waals surface area contributed by atoms with E-state index in [9.17, 15) is 4.79 Å². The van der Waals surface area contributed by atoms with Crippen LogP contribution in [-0.2, 0) is 22.7 Å². The zero-order valence-electron chi connectivity index (χ0n) is 14.1. The molecule has 132 valence electrons. The van der Waals surface area contributed by atoms with Crippen molar-refractivity contribution in [3.05, 3.63) is 35.7 Å². The molecule has 1 N–H and O–H groups in total. The van der Waals surface area contributed by atoms with Gasteiger partial charge in [-0.25, -0.2) is 15.0 Å². The number of hydrogen-bond donors (Lipinski definition) is 1. The number of amides is 1. The zero-order chi connectivity index (χ0) is 17.2. The van der Waals surface area contributed by atoms with Crippen molar-refractivity contribution < 1.29 is 14.3 Å². The molecule has 2 aromatic heterocycles. The third-order valence-electron chi connectivity index (χ3n) is 4.86. The first-order chi connectivity index (χ1) is 12.2. The molecule has 8 nitrogen and oxygen atoms in total. The van der Waals surface area contributed by atoms with E-state index in [0.29, 0.717) is 31.0 Å². The molecule has 1 aliphatic heterocycles. The Kier molecular flexibility index (Phi) is 4.46. The van der Waals surface area contributed by atoms with Crippen molar-refractivity contribution in [3.8, 4) is 5.95 Å². The summed E-state index contributed by atoms with van der Waals surface area (Å²) in [4.78, 5) is 25.8. The minimum absolute atomic E-state index is 0.156. The molecule has 0 unspecified atom stereocenters. The number of fused-ring (bicyclic) bond motifs is 1. The van der Waals surface area contributed by atoms with Gasteiger partial charge in [0.1, 0.15) is 12.0 Å². The summed E-state index contributed by atoms with van der Waals surface area (Å²) >= 11 is 0. The van der Waals surface area contributed by atoms with Crippen LogP contribution in [0.25, 0.3) is 5.95 Å². The third kappa shape index (κ3) is 3.27. The zero-order valence-corrected chi connectivity index (χ0v) is 14.1. The quantitative estimate of drug-likeness (QED) is 0.902. The van der Waals surface area contributed by atoms with Crippen LogP contribution >= 0.6 is 0 Å². The van der Waals surface area contributed by atoms with Gasteiger partial charge in [0.2, 0.25) is 5.95 Å². The van der Waals surface area contributed by atoms with Crippen LogP contribution in [-0.4, -0.2) is 44.7 Å². The fourth-order valence-corrected chi connectivity index (χ4v) is 3.42. The maximum Gasteiger partial charge on any atom is 0.270 e. The Bertz CT molecular complexity index is 754. The molecule has 2 aliphatic rings. The molecular formula is C17H21N5O3. The van der Waals surface area contributed by atoms with Crippen molar-refractivity contribution in [1.82, 2.24) is 24.8 Å². The van der Waals surface area contributed by atoms with Crippen LogP contribution in [0.3, 0.4) is 0 Å². The second kappa shape index (κ2) is 6.89. The lowest BCUT2D eigenvalue weighted by molar-refractivity contribution is 0.0597. The van der Waals surface area contributed by atoms with E-state index in [1.54, 1.807) is 30.4 Å². The fourth-order valence-electron chi connectivity index (χ4n) is 3.42. The van der Waals surface area contributed by atoms with Crippen LogP contribution in [0.2, 0.25) is 0 Å². The lowest BCUT2D eigenvalue weighted by atomic mass is 9.93. The molecule has 0 aromatic carbocycles. The van der Waals surface area contributed by atoms with Crippen LogP contribution < -0.4 is 5.32 Å². The normalized spacial score (nSPS) is 22.6. The Morgan fingerprint density at radius 2 is 2.12 bits per heavy atom. The fraction of sp³-hybridized carbons (Fsp3) is 0.529. The topological polar surface area (TPSA) is 91.2 Å². The Labute approximate surface area is 145 Å². The van der Waals surface area contributed by atoms with Crippen LogP contribution in [0.4, 0.5) is 0 Å². The molecule has 0 atom stereocenters. The van der Waals surface area contributed by atoms with Crippen LogP contribution in [0, 0.1) is 0 Å². The summed E-state index contributed by atoms with van der Waals surface area (Å²) < 4.78 is 12.6. The number of rotatable bonds is 4. The van der Waals surface area contributed by atoms with Gasteiger partial charge in [0.25, 0.3) is 5.91 Å². The summed E-state index contributed by atoms with van der Waals surface area (Å²) in [6, 6.07) is 0.156. The SMILES string of the molecule is CO[C@H]1CC[C@H](NC(=O)c2nc(-n3ccnc3)nc3c2COC3)CC1. The largest absolute Gasteiger partial charge is 0.381 e. The number of carbonyl (C=O) groups excluding carboxylic acids is 1. The van der Waals surface area contributed by atoms with E-state index in [1.807, 2.05) is 0 Å². The Morgan fingerprint density at radius 1 is 1.28 bits per heavy atom. The van der Waals surface area contributed by atoms with E-state index in [-0.39, 0.29) is 11.9 Å². The first-order valence-electron chi connectivity index (χ1n) is 8.54. The predicted molar refractivity (Wildman–Crippen MR) is 88.2 cm³/mol. The van der Waals surface area contributed by atoms with Crippen molar-refractivity contribution in [1.29, 1.82) is 0 Å². The van der Waals surface area contributed by atoms with E-state index in [1.165, 1.54) is 0 Å². The first-order valence-corrected chi connectivity index (χ1v) is 8.54. The highest BCUT2D eigenvalue weighted by molar-refractivity contribution is 5.94. The second-order valence-electron chi connectivity index (χ2n) is 6.44. The van der Waals surface area contributed by atoms with Gasteiger partial charge in [-0.15, -0.1) is 0 Å². The van der Waals surface area contributed by atoms with E-state index < -0.39 is 0 Å². The molecule has 1 saturated carbocycles. The molecule has 2 aromatic rings. The molecule has 0 bridgehead atoms. The number of nitrogens with one attached hydrogen (secondary N) is 1. The number of carbonyl (C=O) groups is 1. The van der Waals surface area contributed by atoms with Crippen molar-refractivity contribution in [2.45, 2.75) is 51.0 Å². The summed E-state index contributed by atoms with van der Waals surface area (Å²) in [7, 11) is 1.74. The lowest BCUT2D eigenvalue weighted by Crippen LogP contribution is -2.39. The highest BCUT2D eigenvalue weighted by Crippen LogP contribution is 2.24. The molecule has 4 rings (SSSR count). The number of nitrogens with zero attached hydrogens (tertiary/aromatic N) is 4. The summed E-state index contributed by atoms with van der Waals surface area (Å²) in [6.07, 6.45) is 9.10. The lowest BCUT2D eigenvalue weighted by Gasteiger charge is -2.28. The molecule has 0 spiro atoms. The van der Waals surface area contributed by atoms with Crippen molar-refractivity contribution >= 4 is 5.91 Å². The Hall–Kier alpha value is -2.32. The molecule has 0 radical (unpaired) electrons. The Morgan fingerprint density at radius 3 is 2.84 bits per heavy atom. The predicted octanol–water partition coefficient (Wildman–Crippen LogP) is 1.38. The van der Waals surface area contributed by atoms with E-state index in [2.05, 4.69) is 20.3 Å². The van der Waals surface area contributed by atoms with Gasteiger partial charge < -0.3 is 14.8 Å². The molecule has 1 amide bonds. The van der Waals surface area contributed by atoms with Crippen LogP contribution in [0.15, 0.2) is 18.7 Å². The number of imidazole rings is 1. The summed E-state index contributed by atoms with van der Waals surface area (Å²) in [5, 5.41) is 3.12. The van der Waals surface area contributed by atoms with E-state index in [0.717, 1.165) is 36.9 Å². The van der Waals surface area contributed by atoms with Gasteiger partial charge in [0, 0.05) is 31.1 Å². The second-order valence-corrected chi connectivity index (χ2v) is 6.44. The average Bonchev–Trinajstić information content (AvgIpc) is 3.32. The Balaban J connectivity index is 1.56. The van der Waals surface area contributed by atoms with Gasteiger partial charge in [-0.3, -0.25) is 9.36 Å². The highest BCUT2D eigenvalue weighted by Gasteiger charge is 2.27. The summed E-state index contributed by atoms with van der Waals surface area (Å²) in [5.41, 5.74) is 1.96. The third-order valence-corrected chi connectivity index (χ3v) is 4.86. The highest BCUT2D eigenvalue weighted by atomic mass is 16.5. The van der Waals surface area contributed by atoms with Crippen LogP contribution in [0.1, 0.15) is 47.4 Å². The van der Waals surface area contributed by atoms with Gasteiger partial charge in [-0.2, -0.15) is 0 Å². The van der Waals surface area contributed by atoms with Gasteiger partial charge >= 0.3 is 0 Å². The summed E-state index contributed by atoms with van der Waals surface area (Å²) in [6.45, 7) is 0.775. The molecule has 3 heterocycles. The number of methoxy groups -OCH3 is 1. The smallest absolute Gasteiger partial charge is 0.270 e. The van der Waals surface area contributed by atoms with E-state index >= 15 is 0 Å². The number of aromatic nitrogens is 4. The average molecular weight is 343 g/mol. The van der Waals surface area contributed by atoms with Gasteiger partial charge in [-0.1, -0.05) is 0 Å².